The van der Waals surface area contributed by atoms with Crippen molar-refractivity contribution in [2.75, 3.05) is 19.1 Å². The molecule has 2 rings (SSSR count). The number of ether oxygens (including phenoxy) is 1. The van der Waals surface area contributed by atoms with Gasteiger partial charge in [0.15, 0.2) is 0 Å². The Kier molecular flexibility index (Phi) is 4.17. The number of aromatic nitrogens is 1. The molecule has 5 heteroatoms. The Bertz CT molecular complexity index is 495. The monoisotopic (exact) mass is 263 g/mol. The highest BCUT2D eigenvalue weighted by Gasteiger charge is 2.05. The molecule has 0 saturated heterocycles. The van der Waals surface area contributed by atoms with Gasteiger partial charge in [0.2, 0.25) is 0 Å². The molecular formula is C13H17N3OS. The molecule has 0 aliphatic heterocycles. The van der Waals surface area contributed by atoms with Gasteiger partial charge in [-0.15, -0.1) is 11.3 Å². The molecule has 1 aromatic carbocycles. The van der Waals surface area contributed by atoms with Crippen LogP contribution in [0.2, 0.25) is 0 Å². The van der Waals surface area contributed by atoms with Gasteiger partial charge in [0.1, 0.15) is 10.8 Å². The van der Waals surface area contributed by atoms with Crippen LogP contribution >= 0.6 is 11.3 Å². The first kappa shape index (κ1) is 12.9. The molecule has 18 heavy (non-hydrogen) atoms. The van der Waals surface area contributed by atoms with Crippen LogP contribution in [0.4, 0.5) is 5.69 Å². The molecule has 4 nitrogen and oxygen atoms in total. The van der Waals surface area contributed by atoms with Crippen LogP contribution in [0.5, 0.6) is 5.75 Å². The second kappa shape index (κ2) is 5.84. The third-order valence-electron chi connectivity index (χ3n) is 2.69. The lowest BCUT2D eigenvalue weighted by Crippen LogP contribution is -2.16. The van der Waals surface area contributed by atoms with Gasteiger partial charge in [0.25, 0.3) is 0 Å². The highest BCUT2D eigenvalue weighted by Crippen LogP contribution is 2.20. The summed E-state index contributed by atoms with van der Waals surface area (Å²) in [6, 6.07) is 7.99. The second-order valence-corrected chi connectivity index (χ2v) is 4.93. The number of methoxy groups -OCH3 is 1. The highest BCUT2D eigenvalue weighted by molar-refractivity contribution is 7.09. The number of benzene rings is 1. The third kappa shape index (κ3) is 3.00. The molecule has 2 aromatic rings. The lowest BCUT2D eigenvalue weighted by atomic mass is 10.2. The number of hydrogen-bond acceptors (Lipinski definition) is 5. The lowest BCUT2D eigenvalue weighted by molar-refractivity contribution is 0.415. The number of nitrogens with zero attached hydrogens (tertiary/aromatic N) is 2. The minimum absolute atomic E-state index is 0.511. The van der Waals surface area contributed by atoms with Gasteiger partial charge in [-0.25, -0.2) is 4.98 Å². The summed E-state index contributed by atoms with van der Waals surface area (Å²) >= 11 is 1.61. The summed E-state index contributed by atoms with van der Waals surface area (Å²) in [5, 5.41) is 3.04. The zero-order valence-electron chi connectivity index (χ0n) is 10.6. The van der Waals surface area contributed by atoms with Gasteiger partial charge in [-0.1, -0.05) is 0 Å². The fourth-order valence-corrected chi connectivity index (χ4v) is 2.35. The van der Waals surface area contributed by atoms with E-state index in [1.54, 1.807) is 18.4 Å². The molecule has 0 atom stereocenters. The fraction of sp³-hybridized carbons (Fsp3) is 0.308. The van der Waals surface area contributed by atoms with Crippen LogP contribution in [0.15, 0.2) is 29.6 Å². The third-order valence-corrected chi connectivity index (χ3v) is 3.61. The SMILES string of the molecule is COc1ccc(N(C)Cc2csc(CN)n2)cc1. The molecule has 0 spiro atoms. The number of nitrogens with two attached hydrogens (primary N) is 1. The normalized spacial score (nSPS) is 10.4. The first-order valence-corrected chi connectivity index (χ1v) is 6.59. The highest BCUT2D eigenvalue weighted by atomic mass is 32.1. The van der Waals surface area contributed by atoms with Crippen molar-refractivity contribution < 1.29 is 4.74 Å². The maximum atomic E-state index is 5.56. The lowest BCUT2D eigenvalue weighted by Gasteiger charge is -2.18. The van der Waals surface area contributed by atoms with Crippen molar-refractivity contribution in [1.29, 1.82) is 0 Å². The number of anilines is 1. The molecule has 0 aliphatic carbocycles. The van der Waals surface area contributed by atoms with Crippen molar-refractivity contribution in [3.63, 3.8) is 0 Å². The van der Waals surface area contributed by atoms with Crippen LogP contribution < -0.4 is 15.4 Å². The number of thiazole rings is 1. The zero-order chi connectivity index (χ0) is 13.0. The smallest absolute Gasteiger partial charge is 0.119 e. The zero-order valence-corrected chi connectivity index (χ0v) is 11.4. The van der Waals surface area contributed by atoms with E-state index in [0.29, 0.717) is 6.54 Å². The largest absolute Gasteiger partial charge is 0.497 e. The van der Waals surface area contributed by atoms with E-state index in [2.05, 4.69) is 15.3 Å². The maximum Gasteiger partial charge on any atom is 0.119 e. The number of rotatable bonds is 5. The van der Waals surface area contributed by atoms with Crippen LogP contribution in [0, 0.1) is 0 Å². The van der Waals surface area contributed by atoms with E-state index in [9.17, 15) is 0 Å². The molecule has 0 amide bonds. The Hall–Kier alpha value is -1.59. The summed E-state index contributed by atoms with van der Waals surface area (Å²) in [6.45, 7) is 1.29. The maximum absolute atomic E-state index is 5.56. The van der Waals surface area contributed by atoms with E-state index in [1.165, 1.54) is 0 Å². The molecule has 96 valence electrons. The average Bonchev–Trinajstić information content (AvgIpc) is 2.86. The van der Waals surface area contributed by atoms with E-state index in [-0.39, 0.29) is 0 Å². The summed E-state index contributed by atoms with van der Waals surface area (Å²) in [6.07, 6.45) is 0. The Morgan fingerprint density at radius 2 is 2.06 bits per heavy atom. The first-order chi connectivity index (χ1) is 8.72. The van der Waals surface area contributed by atoms with Gasteiger partial charge >= 0.3 is 0 Å². The minimum atomic E-state index is 0.511. The van der Waals surface area contributed by atoms with Crippen LogP contribution in [0.3, 0.4) is 0 Å². The molecular weight excluding hydrogens is 246 g/mol. The van der Waals surface area contributed by atoms with E-state index in [1.807, 2.05) is 31.3 Å². The van der Waals surface area contributed by atoms with E-state index in [0.717, 1.165) is 28.7 Å². The summed E-state index contributed by atoms with van der Waals surface area (Å²) in [5.74, 6) is 0.867. The first-order valence-electron chi connectivity index (χ1n) is 5.71. The fourth-order valence-electron chi connectivity index (χ4n) is 1.69. The summed E-state index contributed by atoms with van der Waals surface area (Å²) in [5.41, 5.74) is 7.75. The molecule has 0 aliphatic rings. The van der Waals surface area contributed by atoms with Gasteiger partial charge < -0.3 is 15.4 Å². The van der Waals surface area contributed by atoms with Gasteiger partial charge in [0.05, 0.1) is 19.3 Å². The molecule has 0 saturated carbocycles. The Morgan fingerprint density at radius 1 is 1.33 bits per heavy atom. The number of hydrogen-bond donors (Lipinski definition) is 1. The van der Waals surface area contributed by atoms with Crippen LogP contribution in [-0.2, 0) is 13.1 Å². The molecule has 0 unspecified atom stereocenters. The average molecular weight is 263 g/mol. The van der Waals surface area contributed by atoms with Crippen molar-refractivity contribution >= 4 is 17.0 Å². The standard InChI is InChI=1S/C13H17N3OS/c1-16(8-10-9-18-13(7-14)15-10)11-3-5-12(17-2)6-4-11/h3-6,9H,7-8,14H2,1-2H3. The topological polar surface area (TPSA) is 51.4 Å². The summed E-state index contributed by atoms with van der Waals surface area (Å²) in [4.78, 5) is 6.60. The summed E-state index contributed by atoms with van der Waals surface area (Å²) in [7, 11) is 3.71. The Balaban J connectivity index is 2.03. The van der Waals surface area contributed by atoms with Crippen LogP contribution in [0.1, 0.15) is 10.7 Å². The molecule has 1 aromatic heterocycles. The van der Waals surface area contributed by atoms with E-state index < -0.39 is 0 Å². The Morgan fingerprint density at radius 3 is 2.61 bits per heavy atom. The van der Waals surface area contributed by atoms with Crippen molar-refractivity contribution in [2.24, 2.45) is 5.73 Å². The van der Waals surface area contributed by atoms with Gasteiger partial charge in [0, 0.05) is 24.7 Å². The minimum Gasteiger partial charge on any atom is -0.497 e. The van der Waals surface area contributed by atoms with Crippen molar-refractivity contribution in [2.45, 2.75) is 13.1 Å². The summed E-state index contributed by atoms with van der Waals surface area (Å²) < 4.78 is 5.14. The second-order valence-electron chi connectivity index (χ2n) is 3.99. The Labute approximate surface area is 111 Å². The van der Waals surface area contributed by atoms with Crippen molar-refractivity contribution in [3.05, 3.63) is 40.3 Å². The molecule has 0 bridgehead atoms. The van der Waals surface area contributed by atoms with E-state index >= 15 is 0 Å². The van der Waals surface area contributed by atoms with Gasteiger partial charge in [-0.05, 0) is 24.3 Å². The van der Waals surface area contributed by atoms with Crippen LogP contribution in [0.25, 0.3) is 0 Å². The predicted molar refractivity (Wildman–Crippen MR) is 75.1 cm³/mol. The quantitative estimate of drug-likeness (QED) is 0.899. The molecule has 0 radical (unpaired) electrons. The van der Waals surface area contributed by atoms with Crippen molar-refractivity contribution in [3.8, 4) is 5.75 Å². The van der Waals surface area contributed by atoms with Crippen molar-refractivity contribution in [1.82, 2.24) is 4.98 Å². The molecule has 2 N–H and O–H groups in total. The molecule has 1 heterocycles. The van der Waals surface area contributed by atoms with Gasteiger partial charge in [-0.2, -0.15) is 0 Å². The van der Waals surface area contributed by atoms with Crippen LogP contribution in [-0.4, -0.2) is 19.1 Å². The predicted octanol–water partition coefficient (Wildman–Crippen LogP) is 2.25. The molecule has 0 fully saturated rings. The van der Waals surface area contributed by atoms with E-state index in [4.69, 9.17) is 10.5 Å². The van der Waals surface area contributed by atoms with Gasteiger partial charge in [-0.3, -0.25) is 0 Å².